The number of benzene rings is 1. The van der Waals surface area contributed by atoms with Gasteiger partial charge in [0.25, 0.3) is 5.91 Å². The van der Waals surface area contributed by atoms with E-state index in [-0.39, 0.29) is 17.9 Å². The maximum atomic E-state index is 12.4. The molecule has 1 aromatic carbocycles. The first-order chi connectivity index (χ1) is 9.63. The van der Waals surface area contributed by atoms with E-state index in [0.717, 1.165) is 17.3 Å². The first-order valence-corrected chi connectivity index (χ1v) is 6.77. The number of rotatable bonds is 2. The van der Waals surface area contributed by atoms with E-state index < -0.39 is 0 Å². The number of amides is 2. The van der Waals surface area contributed by atoms with E-state index in [1.54, 1.807) is 4.90 Å². The van der Waals surface area contributed by atoms with Crippen LogP contribution in [0.3, 0.4) is 0 Å². The van der Waals surface area contributed by atoms with Crippen LogP contribution in [-0.2, 0) is 4.79 Å². The van der Waals surface area contributed by atoms with Crippen molar-refractivity contribution in [2.45, 2.75) is 19.4 Å². The largest absolute Gasteiger partial charge is 0.361 e. The molecule has 1 fully saturated rings. The number of likely N-dealkylation sites (tertiary alicyclic amines) is 1. The van der Waals surface area contributed by atoms with Gasteiger partial charge >= 0.3 is 0 Å². The number of aromatic amines is 1. The second kappa shape index (κ2) is 5.00. The number of hydrogen-bond acceptors (Lipinski definition) is 2. The SMILES string of the molecule is CC(=O)NC1CCN(C(=O)c2ccc3[nH]ccc3c2)C1. The first-order valence-electron chi connectivity index (χ1n) is 6.77. The summed E-state index contributed by atoms with van der Waals surface area (Å²) in [4.78, 5) is 28.4. The molecule has 104 valence electrons. The molecule has 1 atom stereocenters. The van der Waals surface area contributed by atoms with Crippen molar-refractivity contribution in [3.05, 3.63) is 36.0 Å². The van der Waals surface area contributed by atoms with Crippen molar-refractivity contribution in [2.75, 3.05) is 13.1 Å². The van der Waals surface area contributed by atoms with E-state index in [1.807, 2.05) is 30.5 Å². The van der Waals surface area contributed by atoms with E-state index in [2.05, 4.69) is 10.3 Å². The number of nitrogens with one attached hydrogen (secondary N) is 2. The van der Waals surface area contributed by atoms with Gasteiger partial charge in [0.15, 0.2) is 0 Å². The number of aromatic nitrogens is 1. The predicted molar refractivity (Wildman–Crippen MR) is 76.4 cm³/mol. The molecule has 1 saturated heterocycles. The lowest BCUT2D eigenvalue weighted by atomic mass is 10.1. The van der Waals surface area contributed by atoms with Gasteiger partial charge in [-0.3, -0.25) is 9.59 Å². The summed E-state index contributed by atoms with van der Waals surface area (Å²) in [7, 11) is 0. The summed E-state index contributed by atoms with van der Waals surface area (Å²) in [5.41, 5.74) is 1.72. The van der Waals surface area contributed by atoms with Gasteiger partial charge in [-0.2, -0.15) is 0 Å². The minimum absolute atomic E-state index is 0.0287. The van der Waals surface area contributed by atoms with Crippen LogP contribution in [0.2, 0.25) is 0 Å². The molecule has 2 aromatic rings. The van der Waals surface area contributed by atoms with Gasteiger partial charge < -0.3 is 15.2 Å². The smallest absolute Gasteiger partial charge is 0.253 e. The third kappa shape index (κ3) is 2.39. The van der Waals surface area contributed by atoms with Crippen molar-refractivity contribution in [1.82, 2.24) is 15.2 Å². The Kier molecular flexibility index (Phi) is 3.18. The summed E-state index contributed by atoms with van der Waals surface area (Å²) < 4.78 is 0. The predicted octanol–water partition coefficient (Wildman–Crippen LogP) is 1.52. The van der Waals surface area contributed by atoms with E-state index >= 15 is 0 Å². The Morgan fingerprint density at radius 2 is 2.20 bits per heavy atom. The Morgan fingerprint density at radius 1 is 1.35 bits per heavy atom. The first kappa shape index (κ1) is 12.7. The number of hydrogen-bond donors (Lipinski definition) is 2. The highest BCUT2D eigenvalue weighted by Crippen LogP contribution is 2.18. The molecule has 0 radical (unpaired) electrons. The highest BCUT2D eigenvalue weighted by atomic mass is 16.2. The second-order valence-corrected chi connectivity index (χ2v) is 5.22. The number of carbonyl (C=O) groups is 2. The quantitative estimate of drug-likeness (QED) is 0.869. The fourth-order valence-electron chi connectivity index (χ4n) is 2.72. The van der Waals surface area contributed by atoms with Crippen LogP contribution < -0.4 is 5.32 Å². The number of nitrogens with zero attached hydrogens (tertiary/aromatic N) is 1. The molecule has 1 aliphatic heterocycles. The molecule has 20 heavy (non-hydrogen) atoms. The van der Waals surface area contributed by atoms with Crippen molar-refractivity contribution < 1.29 is 9.59 Å². The minimum Gasteiger partial charge on any atom is -0.361 e. The fourth-order valence-corrected chi connectivity index (χ4v) is 2.72. The Hall–Kier alpha value is -2.30. The van der Waals surface area contributed by atoms with Gasteiger partial charge in [-0.25, -0.2) is 0 Å². The summed E-state index contributed by atoms with van der Waals surface area (Å²) >= 11 is 0. The van der Waals surface area contributed by atoms with Crippen LogP contribution in [0.5, 0.6) is 0 Å². The molecule has 1 aliphatic rings. The van der Waals surface area contributed by atoms with Crippen LogP contribution in [0.4, 0.5) is 0 Å². The van der Waals surface area contributed by atoms with Crippen molar-refractivity contribution in [3.63, 3.8) is 0 Å². The summed E-state index contributed by atoms with van der Waals surface area (Å²) in [6.45, 7) is 2.78. The number of fused-ring (bicyclic) bond motifs is 1. The Morgan fingerprint density at radius 3 is 3.00 bits per heavy atom. The highest BCUT2D eigenvalue weighted by Gasteiger charge is 2.27. The van der Waals surface area contributed by atoms with Gasteiger partial charge in [0.05, 0.1) is 0 Å². The maximum absolute atomic E-state index is 12.4. The van der Waals surface area contributed by atoms with Gasteiger partial charge in [-0.15, -0.1) is 0 Å². The fraction of sp³-hybridized carbons (Fsp3) is 0.333. The van der Waals surface area contributed by atoms with Crippen molar-refractivity contribution in [3.8, 4) is 0 Å². The van der Waals surface area contributed by atoms with Gasteiger partial charge in [0.1, 0.15) is 0 Å². The van der Waals surface area contributed by atoms with Crippen LogP contribution in [-0.4, -0.2) is 40.8 Å². The molecule has 2 N–H and O–H groups in total. The van der Waals surface area contributed by atoms with Crippen LogP contribution in [0, 0.1) is 0 Å². The molecule has 0 bridgehead atoms. The third-order valence-electron chi connectivity index (χ3n) is 3.68. The van der Waals surface area contributed by atoms with E-state index in [0.29, 0.717) is 18.7 Å². The monoisotopic (exact) mass is 271 g/mol. The van der Waals surface area contributed by atoms with Crippen LogP contribution >= 0.6 is 0 Å². The minimum atomic E-state index is -0.0435. The van der Waals surface area contributed by atoms with Crippen LogP contribution in [0.25, 0.3) is 10.9 Å². The highest BCUT2D eigenvalue weighted by molar-refractivity contribution is 5.98. The van der Waals surface area contributed by atoms with Gasteiger partial charge in [-0.1, -0.05) is 0 Å². The molecule has 2 heterocycles. The van der Waals surface area contributed by atoms with Crippen molar-refractivity contribution in [2.24, 2.45) is 0 Å². The molecule has 2 amide bonds. The summed E-state index contributed by atoms with van der Waals surface area (Å²) in [5, 5.41) is 3.90. The summed E-state index contributed by atoms with van der Waals surface area (Å²) in [6.07, 6.45) is 2.68. The normalized spacial score (nSPS) is 18.4. The van der Waals surface area contributed by atoms with Crippen LogP contribution in [0.15, 0.2) is 30.5 Å². The molecule has 3 rings (SSSR count). The van der Waals surface area contributed by atoms with Gasteiger partial charge in [0, 0.05) is 48.7 Å². The lowest BCUT2D eigenvalue weighted by Gasteiger charge is -2.17. The van der Waals surface area contributed by atoms with Gasteiger partial charge in [0.2, 0.25) is 5.91 Å². The molecule has 0 spiro atoms. The van der Waals surface area contributed by atoms with Crippen molar-refractivity contribution >= 4 is 22.7 Å². The Balaban J connectivity index is 1.74. The topological polar surface area (TPSA) is 65.2 Å². The second-order valence-electron chi connectivity index (χ2n) is 5.22. The van der Waals surface area contributed by atoms with E-state index in [4.69, 9.17) is 0 Å². The lowest BCUT2D eigenvalue weighted by molar-refractivity contribution is -0.119. The molecule has 0 aliphatic carbocycles. The standard InChI is InChI=1S/C15H17N3O2/c1-10(19)17-13-5-7-18(9-13)15(20)12-2-3-14-11(8-12)4-6-16-14/h2-4,6,8,13,16H,5,7,9H2,1H3,(H,17,19). The zero-order valence-electron chi connectivity index (χ0n) is 11.3. The third-order valence-corrected chi connectivity index (χ3v) is 3.68. The molecular formula is C15H17N3O2. The van der Waals surface area contributed by atoms with E-state index in [9.17, 15) is 9.59 Å². The van der Waals surface area contributed by atoms with Crippen molar-refractivity contribution in [1.29, 1.82) is 0 Å². The Bertz CT molecular complexity index is 662. The van der Waals surface area contributed by atoms with Crippen LogP contribution in [0.1, 0.15) is 23.7 Å². The van der Waals surface area contributed by atoms with E-state index in [1.165, 1.54) is 6.92 Å². The molecular weight excluding hydrogens is 254 g/mol. The molecule has 5 nitrogen and oxygen atoms in total. The molecule has 1 aromatic heterocycles. The Labute approximate surface area is 117 Å². The summed E-state index contributed by atoms with van der Waals surface area (Å²) in [5.74, 6) is -0.0148. The number of carbonyl (C=O) groups excluding carboxylic acids is 2. The molecule has 1 unspecified atom stereocenters. The maximum Gasteiger partial charge on any atom is 0.253 e. The number of H-pyrrole nitrogens is 1. The molecule has 5 heteroatoms. The average molecular weight is 271 g/mol. The zero-order chi connectivity index (χ0) is 14.1. The lowest BCUT2D eigenvalue weighted by Crippen LogP contribution is -2.37. The summed E-state index contributed by atoms with van der Waals surface area (Å²) in [6, 6.07) is 7.69. The zero-order valence-corrected chi connectivity index (χ0v) is 11.3. The molecule has 0 saturated carbocycles. The van der Waals surface area contributed by atoms with Gasteiger partial charge in [-0.05, 0) is 30.7 Å². The average Bonchev–Trinajstić information content (AvgIpc) is 3.04.